The number of rotatable bonds is 1. The standard InChI is InChI=1S/C15H20O2/c16-13-10-15(11-6-2-1-3-7-11)17-14-9-5-4-8-12(13)14/h4-5,8-9,11,13,15-16H,1-3,6-7,10H2/t13-,15?/m0/s1. The lowest BCUT2D eigenvalue weighted by Crippen LogP contribution is -2.33. The molecule has 2 heteroatoms. The zero-order valence-corrected chi connectivity index (χ0v) is 10.1. The molecule has 0 radical (unpaired) electrons. The number of fused-ring (bicyclic) bond motifs is 1. The van der Waals surface area contributed by atoms with E-state index in [4.69, 9.17) is 4.74 Å². The summed E-state index contributed by atoms with van der Waals surface area (Å²) in [7, 11) is 0. The van der Waals surface area contributed by atoms with Gasteiger partial charge in [0.25, 0.3) is 0 Å². The van der Waals surface area contributed by atoms with Crippen LogP contribution in [0.5, 0.6) is 5.75 Å². The predicted molar refractivity (Wildman–Crippen MR) is 67.0 cm³/mol. The lowest BCUT2D eigenvalue weighted by molar-refractivity contribution is 0.0234. The van der Waals surface area contributed by atoms with Crippen LogP contribution in [-0.2, 0) is 0 Å². The summed E-state index contributed by atoms with van der Waals surface area (Å²) in [6.45, 7) is 0. The summed E-state index contributed by atoms with van der Waals surface area (Å²) in [5.41, 5.74) is 0.958. The van der Waals surface area contributed by atoms with E-state index in [-0.39, 0.29) is 12.2 Å². The number of aliphatic hydroxyl groups excluding tert-OH is 1. The first-order valence-electron chi connectivity index (χ1n) is 6.78. The maximum Gasteiger partial charge on any atom is 0.125 e. The largest absolute Gasteiger partial charge is 0.490 e. The molecule has 17 heavy (non-hydrogen) atoms. The molecule has 0 aromatic heterocycles. The van der Waals surface area contributed by atoms with Gasteiger partial charge in [-0.2, -0.15) is 0 Å². The van der Waals surface area contributed by atoms with E-state index in [1.54, 1.807) is 0 Å². The minimum atomic E-state index is -0.341. The topological polar surface area (TPSA) is 29.5 Å². The van der Waals surface area contributed by atoms with Crippen LogP contribution < -0.4 is 4.74 Å². The van der Waals surface area contributed by atoms with Crippen molar-refractivity contribution in [3.05, 3.63) is 29.8 Å². The van der Waals surface area contributed by atoms with Crippen LogP contribution in [0.1, 0.15) is 50.2 Å². The monoisotopic (exact) mass is 232 g/mol. The van der Waals surface area contributed by atoms with E-state index >= 15 is 0 Å². The van der Waals surface area contributed by atoms with Crippen molar-refractivity contribution in [3.8, 4) is 5.75 Å². The Kier molecular flexibility index (Phi) is 3.06. The molecule has 1 aromatic rings. The SMILES string of the molecule is O[C@H]1CC(C2CCCCC2)Oc2ccccc21. The Bertz CT molecular complexity index is 382. The number of hydrogen-bond acceptors (Lipinski definition) is 2. The lowest BCUT2D eigenvalue weighted by atomic mass is 9.81. The van der Waals surface area contributed by atoms with Crippen LogP contribution in [0.15, 0.2) is 24.3 Å². The average Bonchev–Trinajstić information content (AvgIpc) is 2.40. The number of benzene rings is 1. The predicted octanol–water partition coefficient (Wildman–Crippen LogP) is 3.45. The summed E-state index contributed by atoms with van der Waals surface area (Å²) < 4.78 is 6.08. The minimum absolute atomic E-state index is 0.222. The molecule has 0 amide bonds. The first-order valence-corrected chi connectivity index (χ1v) is 6.78. The molecule has 1 saturated carbocycles. The van der Waals surface area contributed by atoms with Gasteiger partial charge in [0.1, 0.15) is 11.9 Å². The zero-order valence-electron chi connectivity index (χ0n) is 10.1. The molecule has 1 fully saturated rings. The second-order valence-electron chi connectivity index (χ2n) is 5.34. The van der Waals surface area contributed by atoms with Gasteiger partial charge in [0.05, 0.1) is 6.10 Å². The van der Waals surface area contributed by atoms with E-state index in [9.17, 15) is 5.11 Å². The Labute approximate surface area is 103 Å². The Morgan fingerprint density at radius 2 is 1.82 bits per heavy atom. The van der Waals surface area contributed by atoms with Gasteiger partial charge >= 0.3 is 0 Å². The molecule has 0 saturated heterocycles. The highest BCUT2D eigenvalue weighted by atomic mass is 16.5. The third kappa shape index (κ3) is 2.19. The normalized spacial score (nSPS) is 29.5. The Morgan fingerprint density at radius 1 is 1.06 bits per heavy atom. The molecule has 2 atom stereocenters. The third-order valence-electron chi connectivity index (χ3n) is 4.19. The quantitative estimate of drug-likeness (QED) is 0.803. The van der Waals surface area contributed by atoms with Crippen molar-refractivity contribution in [1.82, 2.24) is 0 Å². The van der Waals surface area contributed by atoms with E-state index < -0.39 is 0 Å². The first kappa shape index (κ1) is 11.1. The van der Waals surface area contributed by atoms with Crippen molar-refractivity contribution in [2.45, 2.75) is 50.7 Å². The molecule has 1 aromatic carbocycles. The maximum atomic E-state index is 10.2. The van der Waals surface area contributed by atoms with Gasteiger partial charge in [-0.1, -0.05) is 37.5 Å². The van der Waals surface area contributed by atoms with Crippen molar-refractivity contribution in [3.63, 3.8) is 0 Å². The molecule has 0 spiro atoms. The van der Waals surface area contributed by atoms with Gasteiger partial charge in [-0.25, -0.2) is 0 Å². The molecule has 2 nitrogen and oxygen atoms in total. The summed E-state index contributed by atoms with van der Waals surface area (Å²) in [4.78, 5) is 0. The van der Waals surface area contributed by atoms with E-state index in [0.717, 1.165) is 17.7 Å². The second-order valence-corrected chi connectivity index (χ2v) is 5.34. The number of ether oxygens (including phenoxy) is 1. The fourth-order valence-corrected chi connectivity index (χ4v) is 3.22. The number of para-hydroxylation sites is 1. The van der Waals surface area contributed by atoms with Crippen LogP contribution in [0.2, 0.25) is 0 Å². The van der Waals surface area contributed by atoms with Crippen LogP contribution in [0.3, 0.4) is 0 Å². The Balaban J connectivity index is 1.78. The van der Waals surface area contributed by atoms with Crippen LogP contribution in [0.4, 0.5) is 0 Å². The molecule has 1 aliphatic heterocycles. The van der Waals surface area contributed by atoms with E-state index in [0.29, 0.717) is 5.92 Å². The van der Waals surface area contributed by atoms with Gasteiger partial charge in [0.15, 0.2) is 0 Å². The summed E-state index contributed by atoms with van der Waals surface area (Å²) >= 11 is 0. The average molecular weight is 232 g/mol. The molecule has 1 N–H and O–H groups in total. The van der Waals surface area contributed by atoms with Crippen molar-refractivity contribution < 1.29 is 9.84 Å². The molecule has 1 heterocycles. The molecule has 3 rings (SSSR count). The summed E-state index contributed by atoms with van der Waals surface area (Å²) in [6.07, 6.45) is 7.18. The van der Waals surface area contributed by atoms with Crippen LogP contribution in [0, 0.1) is 5.92 Å². The molecule has 0 bridgehead atoms. The smallest absolute Gasteiger partial charge is 0.125 e. The van der Waals surface area contributed by atoms with E-state index in [1.165, 1.54) is 32.1 Å². The van der Waals surface area contributed by atoms with Crippen molar-refractivity contribution >= 4 is 0 Å². The first-order chi connectivity index (χ1) is 8.34. The van der Waals surface area contributed by atoms with Crippen LogP contribution in [0.25, 0.3) is 0 Å². The molecular weight excluding hydrogens is 212 g/mol. The molecule has 1 aliphatic carbocycles. The summed E-state index contributed by atoms with van der Waals surface area (Å²) in [6, 6.07) is 7.89. The van der Waals surface area contributed by atoms with Gasteiger partial charge in [-0.05, 0) is 24.8 Å². The fourth-order valence-electron chi connectivity index (χ4n) is 3.22. The van der Waals surface area contributed by atoms with Gasteiger partial charge in [-0.15, -0.1) is 0 Å². The highest BCUT2D eigenvalue weighted by Crippen LogP contribution is 2.39. The zero-order chi connectivity index (χ0) is 11.7. The van der Waals surface area contributed by atoms with Crippen molar-refractivity contribution in [2.24, 2.45) is 5.92 Å². The summed E-state index contributed by atoms with van der Waals surface area (Å²) in [5, 5.41) is 10.2. The Morgan fingerprint density at radius 3 is 2.65 bits per heavy atom. The highest BCUT2D eigenvalue weighted by Gasteiger charge is 2.32. The molecule has 2 aliphatic rings. The van der Waals surface area contributed by atoms with Gasteiger partial charge < -0.3 is 9.84 Å². The van der Waals surface area contributed by atoms with Crippen molar-refractivity contribution in [1.29, 1.82) is 0 Å². The van der Waals surface area contributed by atoms with Crippen molar-refractivity contribution in [2.75, 3.05) is 0 Å². The maximum absolute atomic E-state index is 10.2. The number of hydrogen-bond donors (Lipinski definition) is 1. The van der Waals surface area contributed by atoms with Gasteiger partial charge in [0, 0.05) is 12.0 Å². The fraction of sp³-hybridized carbons (Fsp3) is 0.600. The lowest BCUT2D eigenvalue weighted by Gasteiger charge is -2.36. The minimum Gasteiger partial charge on any atom is -0.490 e. The highest BCUT2D eigenvalue weighted by molar-refractivity contribution is 5.37. The molecule has 1 unspecified atom stereocenters. The van der Waals surface area contributed by atoms with Gasteiger partial charge in [0.2, 0.25) is 0 Å². The molecule has 92 valence electrons. The van der Waals surface area contributed by atoms with Crippen LogP contribution >= 0.6 is 0 Å². The van der Waals surface area contributed by atoms with Crippen LogP contribution in [-0.4, -0.2) is 11.2 Å². The summed E-state index contributed by atoms with van der Waals surface area (Å²) in [5.74, 6) is 1.54. The molecular formula is C15H20O2. The van der Waals surface area contributed by atoms with E-state index in [2.05, 4.69) is 0 Å². The number of aliphatic hydroxyl groups is 1. The second kappa shape index (κ2) is 4.69. The Hall–Kier alpha value is -1.02. The third-order valence-corrected chi connectivity index (χ3v) is 4.19. The van der Waals surface area contributed by atoms with Gasteiger partial charge in [-0.3, -0.25) is 0 Å². The van der Waals surface area contributed by atoms with E-state index in [1.807, 2.05) is 24.3 Å².